The Kier molecular flexibility index (Phi) is 21.0. The summed E-state index contributed by atoms with van der Waals surface area (Å²) in [7, 11) is 2.75. The van der Waals surface area contributed by atoms with Gasteiger partial charge in [0.25, 0.3) is 5.91 Å². The quantitative estimate of drug-likeness (QED) is 0.0998. The van der Waals surface area contributed by atoms with Gasteiger partial charge in [-0.2, -0.15) is 0 Å². The first-order valence-corrected chi connectivity index (χ1v) is 26.3. The highest BCUT2D eigenvalue weighted by atomic mass is 32.2. The molecule has 2 aliphatic heterocycles. The van der Waals surface area contributed by atoms with Crippen LogP contribution in [-0.4, -0.2) is 175 Å². The van der Waals surface area contributed by atoms with E-state index in [9.17, 15) is 52.2 Å². The largest absolute Gasteiger partial charge is 0.481 e. The van der Waals surface area contributed by atoms with Gasteiger partial charge in [0.1, 0.15) is 17.8 Å². The summed E-state index contributed by atoms with van der Waals surface area (Å²) in [4.78, 5) is 100. The molecule has 4 rings (SSSR count). The molecule has 0 radical (unpaired) electrons. The fraction of sp³-hybridized carbons (Fsp3) is 0.735. The highest BCUT2D eigenvalue weighted by Crippen LogP contribution is 2.30. The Morgan fingerprint density at radius 2 is 1.44 bits per heavy atom. The predicted molar refractivity (Wildman–Crippen MR) is 261 cm³/mol. The topological polar surface area (TPSA) is 262 Å². The number of nitrogens with one attached hydrogen (secondary N) is 3. The average molecular weight is 1010 g/mol. The lowest BCUT2D eigenvalue weighted by Crippen LogP contribution is -2.59. The van der Waals surface area contributed by atoms with Crippen molar-refractivity contribution < 1.29 is 61.7 Å². The zero-order valence-electron chi connectivity index (χ0n) is 42.9. The van der Waals surface area contributed by atoms with Crippen LogP contribution in [0.4, 0.5) is 4.79 Å². The van der Waals surface area contributed by atoms with Crippen molar-refractivity contribution in [1.29, 1.82) is 0 Å². The number of piperidine rings is 1. The van der Waals surface area contributed by atoms with E-state index in [-0.39, 0.29) is 73.7 Å². The van der Waals surface area contributed by atoms with Crippen LogP contribution < -0.4 is 20.1 Å². The third-order valence-corrected chi connectivity index (χ3v) is 16.1. The minimum absolute atomic E-state index is 0.0125. The number of ether oxygens (including phenoxy) is 2. The number of methoxy groups -OCH3 is 1. The molecule has 6 amide bonds. The van der Waals surface area contributed by atoms with Gasteiger partial charge >= 0.3 is 12.1 Å². The minimum Gasteiger partial charge on any atom is -0.481 e. The first-order chi connectivity index (χ1) is 32.8. The number of carbonyl (C=O) groups is 7. The minimum atomic E-state index is -4.01. The summed E-state index contributed by atoms with van der Waals surface area (Å²) >= 11 is 0. The maximum atomic E-state index is 14.3. The van der Waals surface area contributed by atoms with E-state index in [1.807, 2.05) is 60.5 Å². The molecule has 3 fully saturated rings. The summed E-state index contributed by atoms with van der Waals surface area (Å²) in [6, 6.07) is 2.00. The van der Waals surface area contributed by atoms with Crippen LogP contribution in [0.1, 0.15) is 105 Å². The fourth-order valence-electron chi connectivity index (χ4n) is 9.66. The van der Waals surface area contributed by atoms with Crippen molar-refractivity contribution in [2.45, 2.75) is 154 Å². The predicted octanol–water partition coefficient (Wildman–Crippen LogP) is 2.61. The number of likely N-dealkylation sites (tertiary alicyclic amines) is 2. The number of amides is 6. The number of aliphatic carboxylic acids is 1. The van der Waals surface area contributed by atoms with Crippen LogP contribution in [0.2, 0.25) is 0 Å². The average Bonchev–Trinajstić information content (AvgIpc) is 4.07. The summed E-state index contributed by atoms with van der Waals surface area (Å²) < 4.78 is 39.3. The second-order valence-electron chi connectivity index (χ2n) is 20.3. The van der Waals surface area contributed by atoms with Crippen molar-refractivity contribution in [1.82, 2.24) is 35.0 Å². The smallest absolute Gasteiger partial charge is 0.415 e. The van der Waals surface area contributed by atoms with Crippen molar-refractivity contribution >= 4 is 51.6 Å². The highest BCUT2D eigenvalue weighted by Gasteiger charge is 2.44. The number of hydrogen-bond donors (Lipinski definition) is 5. The number of carboxylic acids is 1. The zero-order valence-corrected chi connectivity index (χ0v) is 43.7. The van der Waals surface area contributed by atoms with Crippen LogP contribution in [0, 0.1) is 29.6 Å². The number of aliphatic hydroxyl groups is 1. The van der Waals surface area contributed by atoms with E-state index in [0.29, 0.717) is 50.5 Å². The standard InChI is InChI=1S/C49H79N7O13S/c1-12-30(6)42(54(10)47(62)40(28(2)3)51-46(61)41(29(4)5)53(8)9)38(68-11)27-39(57)56-23-13-14-37(56)43(58)31(7)44(59)50-36(45(60)52-70(66,67)35-19-20-35)26-32-15-17-34(18-16-32)69-49(65)55-24-21-33(22-25-55)48(63)64/h15-18,28-31,33,35-38,40-43,58H,12-14,19-27H2,1-11H3,(H,50,59)(H,51,61)(H,52,60)(H,63,64)/t30-,31+,36-,37-,38+,40-,41-,42-,43+/m0/s1. The number of sulfonamides is 1. The van der Waals surface area contributed by atoms with Gasteiger partial charge in [-0.3, -0.25) is 38.4 Å². The second-order valence-corrected chi connectivity index (χ2v) is 22.3. The number of likely N-dealkylation sites (N-methyl/N-ethyl adjacent to an activating group) is 2. The van der Waals surface area contributed by atoms with Gasteiger partial charge in [-0.15, -0.1) is 0 Å². The maximum Gasteiger partial charge on any atom is 0.415 e. The summed E-state index contributed by atoms with van der Waals surface area (Å²) in [5, 5.41) is 26.0. The third-order valence-electron chi connectivity index (χ3n) is 14.2. The van der Waals surface area contributed by atoms with Gasteiger partial charge in [0.2, 0.25) is 33.7 Å². The summed E-state index contributed by atoms with van der Waals surface area (Å²) in [5.74, 6) is -5.49. The Morgan fingerprint density at radius 3 is 1.96 bits per heavy atom. The normalized spacial score (nSPS) is 20.2. The molecule has 1 aromatic carbocycles. The molecule has 21 heteroatoms. The Labute approximate surface area is 414 Å². The molecule has 2 heterocycles. The van der Waals surface area contributed by atoms with E-state index in [4.69, 9.17) is 9.47 Å². The van der Waals surface area contributed by atoms with Crippen LogP contribution in [0.5, 0.6) is 5.75 Å². The molecule has 3 aliphatic rings. The molecule has 0 unspecified atom stereocenters. The van der Waals surface area contributed by atoms with Gasteiger partial charge < -0.3 is 45.0 Å². The lowest BCUT2D eigenvalue weighted by molar-refractivity contribution is -0.147. The second kappa shape index (κ2) is 25.5. The Hall–Kier alpha value is -4.86. The molecule has 0 aromatic heterocycles. The lowest BCUT2D eigenvalue weighted by atomic mass is 9.89. The van der Waals surface area contributed by atoms with Gasteiger partial charge in [-0.1, -0.05) is 67.0 Å². The molecule has 2 saturated heterocycles. The molecular formula is C49H79N7O13S. The van der Waals surface area contributed by atoms with Crippen LogP contribution >= 0.6 is 0 Å². The first-order valence-electron chi connectivity index (χ1n) is 24.7. The SMILES string of the molecule is CC[C@H](C)[C@@H]([C@@H](CC(=O)N1CCC[C@H]1[C@H](O)[C@@H](C)C(=O)N[C@@H](Cc1ccc(OC(=O)N2CCC(C(=O)O)CC2)cc1)C(=O)NS(=O)(=O)C1CC1)OC)N(C)C(=O)[C@@H](NC(=O)[C@H](C(C)C)N(C)C)C(C)C. The third kappa shape index (κ3) is 15.1. The number of benzene rings is 1. The number of hydrogen-bond acceptors (Lipinski definition) is 13. The van der Waals surface area contributed by atoms with Crippen molar-refractivity contribution in [3.8, 4) is 5.75 Å². The lowest BCUT2D eigenvalue weighted by Gasteiger charge is -2.41. The number of carboxylic acid groups (broad SMARTS) is 1. The molecule has 20 nitrogen and oxygen atoms in total. The van der Waals surface area contributed by atoms with Gasteiger partial charge in [0.05, 0.1) is 53.8 Å². The Bertz CT molecular complexity index is 2090. The maximum absolute atomic E-state index is 14.3. The van der Waals surface area contributed by atoms with Crippen LogP contribution in [0.25, 0.3) is 0 Å². The van der Waals surface area contributed by atoms with Gasteiger partial charge in [-0.05, 0) is 88.1 Å². The zero-order chi connectivity index (χ0) is 52.4. The monoisotopic (exact) mass is 1010 g/mol. The van der Waals surface area contributed by atoms with Crippen molar-refractivity contribution in [2.75, 3.05) is 47.9 Å². The van der Waals surface area contributed by atoms with Gasteiger partial charge in [-0.25, -0.2) is 13.2 Å². The summed E-state index contributed by atoms with van der Waals surface area (Å²) in [5.41, 5.74) is 0.483. The fourth-order valence-corrected chi connectivity index (χ4v) is 11.0. The Balaban J connectivity index is 1.46. The van der Waals surface area contributed by atoms with E-state index in [1.165, 1.54) is 36.0 Å². The number of nitrogens with zero attached hydrogens (tertiary/aromatic N) is 4. The van der Waals surface area contributed by atoms with Crippen molar-refractivity contribution in [3.05, 3.63) is 29.8 Å². The van der Waals surface area contributed by atoms with Crippen LogP contribution in [-0.2, 0) is 49.9 Å². The molecule has 70 heavy (non-hydrogen) atoms. The van der Waals surface area contributed by atoms with E-state index in [2.05, 4.69) is 15.4 Å². The molecule has 0 bridgehead atoms. The Morgan fingerprint density at radius 1 is 0.829 bits per heavy atom. The van der Waals surface area contributed by atoms with Gasteiger partial charge in [0, 0.05) is 40.2 Å². The van der Waals surface area contributed by atoms with Gasteiger partial charge in [0.15, 0.2) is 0 Å². The van der Waals surface area contributed by atoms with Crippen molar-refractivity contribution in [3.63, 3.8) is 0 Å². The van der Waals surface area contributed by atoms with E-state index in [0.717, 1.165) is 0 Å². The molecule has 1 saturated carbocycles. The van der Waals surface area contributed by atoms with E-state index >= 15 is 0 Å². The summed E-state index contributed by atoms with van der Waals surface area (Å²) in [6.45, 7) is 13.8. The first kappa shape index (κ1) is 57.7. The molecule has 0 spiro atoms. The van der Waals surface area contributed by atoms with Crippen molar-refractivity contribution in [2.24, 2.45) is 29.6 Å². The molecule has 1 aliphatic carbocycles. The molecular weight excluding hydrogens is 927 g/mol. The summed E-state index contributed by atoms with van der Waals surface area (Å²) in [6.07, 6.45) is -0.190. The van der Waals surface area contributed by atoms with E-state index < -0.39 is 93.4 Å². The van der Waals surface area contributed by atoms with E-state index in [1.54, 1.807) is 24.1 Å². The molecule has 5 N–H and O–H groups in total. The number of rotatable bonds is 24. The number of aliphatic hydroxyl groups excluding tert-OH is 1. The highest BCUT2D eigenvalue weighted by molar-refractivity contribution is 7.90. The molecule has 394 valence electrons. The molecule has 1 aromatic rings. The number of carbonyl (C=O) groups excluding carboxylic acids is 6. The van der Waals surface area contributed by atoms with Crippen LogP contribution in [0.15, 0.2) is 24.3 Å². The van der Waals surface area contributed by atoms with Crippen LogP contribution in [0.3, 0.4) is 0 Å². The molecule has 9 atom stereocenters.